The van der Waals surface area contributed by atoms with E-state index in [-0.39, 0.29) is 23.4 Å². The van der Waals surface area contributed by atoms with Crippen LogP contribution < -0.4 is 20.5 Å². The predicted molar refractivity (Wildman–Crippen MR) is 78.4 cm³/mol. The maximum Gasteiger partial charge on any atom is 0.242 e. The quantitative estimate of drug-likeness (QED) is 0.881. The van der Waals surface area contributed by atoms with Gasteiger partial charge in [-0.1, -0.05) is 0 Å². The number of ether oxygens (including phenoxy) is 2. The van der Waals surface area contributed by atoms with Crippen LogP contribution in [0.2, 0.25) is 0 Å². The summed E-state index contributed by atoms with van der Waals surface area (Å²) >= 11 is 0. The highest BCUT2D eigenvalue weighted by Gasteiger charge is 2.12. The molecule has 6 nitrogen and oxygen atoms in total. The molecule has 0 aliphatic heterocycles. The lowest BCUT2D eigenvalue weighted by Gasteiger charge is -2.14. The Morgan fingerprint density at radius 3 is 2.67 bits per heavy atom. The Morgan fingerprint density at radius 2 is 2.05 bits per heavy atom. The number of aromatic nitrogens is 2. The molecule has 1 heterocycles. The third kappa shape index (κ3) is 3.50. The van der Waals surface area contributed by atoms with E-state index in [0.29, 0.717) is 11.5 Å². The third-order valence-corrected chi connectivity index (χ3v) is 2.61. The van der Waals surface area contributed by atoms with Crippen molar-refractivity contribution in [2.24, 2.45) is 0 Å². The van der Waals surface area contributed by atoms with Gasteiger partial charge in [0.25, 0.3) is 0 Å². The second kappa shape index (κ2) is 6.25. The van der Waals surface area contributed by atoms with Gasteiger partial charge in [0, 0.05) is 11.8 Å². The summed E-state index contributed by atoms with van der Waals surface area (Å²) in [5, 5.41) is 2.93. The predicted octanol–water partition coefficient (Wildman–Crippen LogP) is 2.74. The second-order valence-electron chi connectivity index (χ2n) is 4.58. The number of rotatable bonds is 5. The van der Waals surface area contributed by atoms with E-state index >= 15 is 0 Å². The van der Waals surface area contributed by atoms with E-state index in [4.69, 9.17) is 15.2 Å². The van der Waals surface area contributed by atoms with Crippen molar-refractivity contribution in [3.05, 3.63) is 30.3 Å². The second-order valence-corrected chi connectivity index (χ2v) is 4.58. The van der Waals surface area contributed by atoms with E-state index in [0.717, 1.165) is 0 Å². The first-order valence-electron chi connectivity index (χ1n) is 6.39. The molecule has 0 aliphatic rings. The molecule has 0 bridgehead atoms. The number of anilines is 3. The Balaban J connectivity index is 2.25. The normalized spacial score (nSPS) is 10.5. The molecule has 2 rings (SSSR count). The molecule has 2 aromatic rings. The van der Waals surface area contributed by atoms with E-state index < -0.39 is 5.82 Å². The van der Waals surface area contributed by atoms with Crippen LogP contribution in [0, 0.1) is 5.82 Å². The Labute approximate surface area is 122 Å². The van der Waals surface area contributed by atoms with Crippen molar-refractivity contribution < 1.29 is 13.9 Å². The molecule has 0 aliphatic carbocycles. The maximum atomic E-state index is 13.7. The monoisotopic (exact) mass is 292 g/mol. The Kier molecular flexibility index (Phi) is 4.42. The number of nitrogens with zero attached hydrogens (tertiary/aromatic N) is 2. The average molecular weight is 292 g/mol. The van der Waals surface area contributed by atoms with Crippen molar-refractivity contribution in [1.82, 2.24) is 9.97 Å². The zero-order valence-electron chi connectivity index (χ0n) is 12.1. The summed E-state index contributed by atoms with van der Waals surface area (Å²) in [4.78, 5) is 8.01. The summed E-state index contributed by atoms with van der Waals surface area (Å²) in [6.07, 6.45) is 1.27. The number of nitrogens with two attached hydrogens (primary N) is 1. The first-order chi connectivity index (χ1) is 10.0. The SMILES string of the molecule is COc1ccc(Nc2ncnc(OC(C)C)c2N)cc1F. The fourth-order valence-electron chi connectivity index (χ4n) is 1.68. The molecule has 0 saturated heterocycles. The van der Waals surface area contributed by atoms with Gasteiger partial charge in [-0.2, -0.15) is 4.98 Å². The number of hydrogen-bond donors (Lipinski definition) is 2. The number of methoxy groups -OCH3 is 1. The lowest BCUT2D eigenvalue weighted by atomic mass is 10.3. The lowest BCUT2D eigenvalue weighted by Crippen LogP contribution is -2.10. The number of halogens is 1. The molecule has 3 N–H and O–H groups in total. The molecule has 7 heteroatoms. The summed E-state index contributed by atoms with van der Waals surface area (Å²) in [6.45, 7) is 3.74. The van der Waals surface area contributed by atoms with Gasteiger partial charge in [-0.3, -0.25) is 0 Å². The summed E-state index contributed by atoms with van der Waals surface area (Å²) in [6, 6.07) is 4.47. The van der Waals surface area contributed by atoms with E-state index in [1.165, 1.54) is 25.6 Å². The topological polar surface area (TPSA) is 82.3 Å². The van der Waals surface area contributed by atoms with Crippen LogP contribution in [0.1, 0.15) is 13.8 Å². The standard InChI is InChI=1S/C14H17FN4O2/c1-8(2)21-14-12(16)13(17-7-18-14)19-9-4-5-11(20-3)10(15)6-9/h4-8H,16H2,1-3H3,(H,17,18,19). The molecule has 0 saturated carbocycles. The smallest absolute Gasteiger partial charge is 0.242 e. The van der Waals surface area contributed by atoms with Crippen LogP contribution in [0.4, 0.5) is 21.6 Å². The average Bonchev–Trinajstić information content (AvgIpc) is 2.43. The fourth-order valence-corrected chi connectivity index (χ4v) is 1.68. The van der Waals surface area contributed by atoms with Gasteiger partial charge in [-0.25, -0.2) is 9.37 Å². The zero-order chi connectivity index (χ0) is 15.4. The van der Waals surface area contributed by atoms with Gasteiger partial charge in [0.05, 0.1) is 13.2 Å². The minimum absolute atomic E-state index is 0.0616. The molecule has 112 valence electrons. The van der Waals surface area contributed by atoms with E-state index in [1.54, 1.807) is 6.07 Å². The van der Waals surface area contributed by atoms with Crippen LogP contribution in [0.15, 0.2) is 24.5 Å². The van der Waals surface area contributed by atoms with Crippen LogP contribution in [0.5, 0.6) is 11.6 Å². The first kappa shape index (κ1) is 14.8. The molecule has 0 amide bonds. The van der Waals surface area contributed by atoms with Crippen LogP contribution in [-0.4, -0.2) is 23.2 Å². The summed E-state index contributed by atoms with van der Waals surface area (Å²) in [7, 11) is 1.41. The number of benzene rings is 1. The Hall–Kier alpha value is -2.57. The number of hydrogen-bond acceptors (Lipinski definition) is 6. The maximum absolute atomic E-state index is 13.7. The highest BCUT2D eigenvalue weighted by Crippen LogP contribution is 2.29. The number of nitrogens with one attached hydrogen (secondary N) is 1. The highest BCUT2D eigenvalue weighted by atomic mass is 19.1. The van der Waals surface area contributed by atoms with Crippen LogP contribution >= 0.6 is 0 Å². The summed E-state index contributed by atoms with van der Waals surface area (Å²) in [5.41, 5.74) is 6.70. The van der Waals surface area contributed by atoms with Gasteiger partial charge in [0.15, 0.2) is 17.4 Å². The molecule has 0 atom stereocenters. The number of nitrogen functional groups attached to an aromatic ring is 1. The van der Waals surface area contributed by atoms with Crippen molar-refractivity contribution in [2.45, 2.75) is 20.0 Å². The van der Waals surface area contributed by atoms with Crippen molar-refractivity contribution in [1.29, 1.82) is 0 Å². The molecular formula is C14H17FN4O2. The molecule has 0 radical (unpaired) electrons. The molecule has 21 heavy (non-hydrogen) atoms. The minimum Gasteiger partial charge on any atom is -0.494 e. The van der Waals surface area contributed by atoms with E-state index in [1.807, 2.05) is 13.8 Å². The molecule has 0 fully saturated rings. The van der Waals surface area contributed by atoms with Crippen molar-refractivity contribution in [3.8, 4) is 11.6 Å². The molecule has 0 spiro atoms. The van der Waals surface area contributed by atoms with Gasteiger partial charge in [0.2, 0.25) is 5.88 Å². The van der Waals surface area contributed by atoms with E-state index in [9.17, 15) is 4.39 Å². The van der Waals surface area contributed by atoms with Gasteiger partial charge >= 0.3 is 0 Å². The van der Waals surface area contributed by atoms with Gasteiger partial charge in [-0.05, 0) is 26.0 Å². The van der Waals surface area contributed by atoms with E-state index in [2.05, 4.69) is 15.3 Å². The van der Waals surface area contributed by atoms with Gasteiger partial charge in [-0.15, -0.1) is 0 Å². The molecule has 0 unspecified atom stereocenters. The van der Waals surface area contributed by atoms with Crippen LogP contribution in [0.3, 0.4) is 0 Å². The minimum atomic E-state index is -0.478. The molecular weight excluding hydrogens is 275 g/mol. The van der Waals surface area contributed by atoms with Gasteiger partial charge in [0.1, 0.15) is 12.0 Å². The van der Waals surface area contributed by atoms with Crippen molar-refractivity contribution in [3.63, 3.8) is 0 Å². The molecule has 1 aromatic heterocycles. The summed E-state index contributed by atoms with van der Waals surface area (Å²) in [5.74, 6) is 0.329. The zero-order valence-corrected chi connectivity index (χ0v) is 12.1. The third-order valence-electron chi connectivity index (χ3n) is 2.61. The Morgan fingerprint density at radius 1 is 1.29 bits per heavy atom. The first-order valence-corrected chi connectivity index (χ1v) is 6.39. The van der Waals surface area contributed by atoms with Crippen LogP contribution in [0.25, 0.3) is 0 Å². The lowest BCUT2D eigenvalue weighted by molar-refractivity contribution is 0.234. The van der Waals surface area contributed by atoms with Crippen molar-refractivity contribution >= 4 is 17.2 Å². The van der Waals surface area contributed by atoms with Crippen LogP contribution in [-0.2, 0) is 0 Å². The fraction of sp³-hybridized carbons (Fsp3) is 0.286. The Bertz CT molecular complexity index is 634. The molecule has 1 aromatic carbocycles. The summed E-state index contributed by atoms with van der Waals surface area (Å²) < 4.78 is 24.0. The highest BCUT2D eigenvalue weighted by molar-refractivity contribution is 5.72. The van der Waals surface area contributed by atoms with Crippen molar-refractivity contribution in [2.75, 3.05) is 18.2 Å². The largest absolute Gasteiger partial charge is 0.494 e. The van der Waals surface area contributed by atoms with Gasteiger partial charge < -0.3 is 20.5 Å².